The number of fused-ring (bicyclic) bond motifs is 3. The van der Waals surface area contributed by atoms with Crippen LogP contribution in [0.2, 0.25) is 0 Å². The molecule has 0 radical (unpaired) electrons. The summed E-state index contributed by atoms with van der Waals surface area (Å²) in [5, 5.41) is 6.90. The molecule has 53 heavy (non-hydrogen) atoms. The second-order valence-corrected chi connectivity index (χ2v) is 17.4. The first kappa shape index (κ1) is 36.8. The quantitative estimate of drug-likeness (QED) is 0.281. The number of sulfonamides is 1. The number of hydrogen-bond donors (Lipinski definition) is 3. The Hall–Kier alpha value is -4.57. The van der Waals surface area contributed by atoms with Gasteiger partial charge in [-0.15, -0.1) is 11.3 Å². The molecule has 16 heteroatoms. The Bertz CT molecular complexity index is 2020. The lowest BCUT2D eigenvalue weighted by molar-refractivity contribution is -0.141. The molecule has 4 aliphatic rings. The van der Waals surface area contributed by atoms with Crippen molar-refractivity contribution in [3.8, 4) is 16.5 Å². The zero-order chi connectivity index (χ0) is 37.3. The maximum absolute atomic E-state index is 14.5. The van der Waals surface area contributed by atoms with E-state index < -0.39 is 74.8 Å². The van der Waals surface area contributed by atoms with Crippen LogP contribution in [0.4, 0.5) is 4.79 Å². The number of nitrogens with zero attached hydrogens (tertiary/aromatic N) is 3. The van der Waals surface area contributed by atoms with Gasteiger partial charge in [-0.25, -0.2) is 23.2 Å². The first-order valence-corrected chi connectivity index (χ1v) is 20.7. The van der Waals surface area contributed by atoms with Crippen LogP contribution < -0.4 is 20.1 Å². The average molecular weight is 765 g/mol. The Balaban J connectivity index is 1.21. The number of ether oxygens (including phenoxy) is 2. The Labute approximate surface area is 312 Å². The number of hydrogen-bond acceptors (Lipinski definition) is 11. The second-order valence-electron chi connectivity index (χ2n) is 14.5. The summed E-state index contributed by atoms with van der Waals surface area (Å²) in [6.45, 7) is 3.40. The number of thiophene rings is 1. The minimum atomic E-state index is -3.89. The smallest absolute Gasteiger partial charge is 0.408 e. The van der Waals surface area contributed by atoms with Crippen LogP contribution in [0.25, 0.3) is 21.6 Å². The van der Waals surface area contributed by atoms with Crippen molar-refractivity contribution in [3.63, 3.8) is 0 Å². The van der Waals surface area contributed by atoms with Crippen LogP contribution >= 0.6 is 11.3 Å². The fraction of sp³-hybridized carbons (Fsp3) is 0.514. The first-order chi connectivity index (χ1) is 25.4. The molecule has 7 rings (SSSR count). The van der Waals surface area contributed by atoms with Crippen LogP contribution in [0.15, 0.2) is 53.9 Å². The van der Waals surface area contributed by atoms with Gasteiger partial charge < -0.3 is 25.0 Å². The molecule has 2 aromatic heterocycles. The highest BCUT2D eigenvalue weighted by atomic mass is 32.2. The maximum atomic E-state index is 14.5. The van der Waals surface area contributed by atoms with E-state index in [1.165, 1.54) is 16.2 Å². The molecular weight excluding hydrogens is 721 g/mol. The van der Waals surface area contributed by atoms with Gasteiger partial charge in [-0.05, 0) is 76.0 Å². The second kappa shape index (κ2) is 15.0. The molecule has 1 saturated heterocycles. The number of allylic oxidation sites excluding steroid dienone is 1. The fourth-order valence-corrected chi connectivity index (χ4v) is 9.10. The van der Waals surface area contributed by atoms with Gasteiger partial charge in [-0.1, -0.05) is 43.2 Å². The molecule has 282 valence electrons. The molecule has 3 aromatic rings. The number of nitrogens with one attached hydrogen (secondary N) is 3. The van der Waals surface area contributed by atoms with Crippen LogP contribution in [0.5, 0.6) is 5.88 Å². The summed E-state index contributed by atoms with van der Waals surface area (Å²) in [6, 6.07) is 9.10. The van der Waals surface area contributed by atoms with E-state index in [1.807, 2.05) is 53.9 Å². The average Bonchev–Trinajstić information content (AvgIpc) is 3.98. The molecule has 14 nitrogen and oxygen atoms in total. The largest absolute Gasteiger partial charge is 0.471 e. The van der Waals surface area contributed by atoms with Gasteiger partial charge in [0.1, 0.15) is 29.4 Å². The predicted octanol–water partition coefficient (Wildman–Crippen LogP) is 4.21. The lowest BCUT2D eigenvalue weighted by Crippen LogP contribution is -2.58. The third-order valence-corrected chi connectivity index (χ3v) is 12.7. The molecule has 2 saturated carbocycles. The Morgan fingerprint density at radius 1 is 1.04 bits per heavy atom. The molecular formula is C37H44N6O8S2. The van der Waals surface area contributed by atoms with E-state index in [1.54, 1.807) is 13.8 Å². The van der Waals surface area contributed by atoms with E-state index in [4.69, 9.17) is 19.4 Å². The summed E-state index contributed by atoms with van der Waals surface area (Å²) in [5.74, 6) is -2.08. The number of amides is 4. The lowest BCUT2D eigenvalue weighted by Gasteiger charge is -2.29. The fourth-order valence-electron chi connectivity index (χ4n) is 7.04. The van der Waals surface area contributed by atoms with Gasteiger partial charge in [-0.3, -0.25) is 19.1 Å². The third-order valence-electron chi connectivity index (χ3n) is 10.0. The zero-order valence-corrected chi connectivity index (χ0v) is 31.3. The monoisotopic (exact) mass is 764 g/mol. The van der Waals surface area contributed by atoms with E-state index in [9.17, 15) is 27.6 Å². The summed E-state index contributed by atoms with van der Waals surface area (Å²) in [5.41, 5.74) is 0.312. The normalized spacial score (nSPS) is 27.1. The maximum Gasteiger partial charge on any atom is 0.408 e. The summed E-state index contributed by atoms with van der Waals surface area (Å²) in [4.78, 5) is 67.2. The van der Waals surface area contributed by atoms with Crippen LogP contribution in [-0.4, -0.2) is 88.7 Å². The molecule has 1 aromatic carbocycles. The van der Waals surface area contributed by atoms with Gasteiger partial charge in [0.25, 0.3) is 5.91 Å². The molecule has 2 aliphatic heterocycles. The van der Waals surface area contributed by atoms with Crippen LogP contribution in [0.1, 0.15) is 71.6 Å². The van der Waals surface area contributed by atoms with Crippen molar-refractivity contribution in [2.75, 3.05) is 6.54 Å². The molecule has 4 heterocycles. The number of aromatic nitrogens is 2. The minimum Gasteiger partial charge on any atom is -0.471 e. The Morgan fingerprint density at radius 2 is 1.81 bits per heavy atom. The molecule has 5 atom stereocenters. The summed E-state index contributed by atoms with van der Waals surface area (Å²) in [7, 11) is -3.89. The van der Waals surface area contributed by atoms with Crippen molar-refractivity contribution >= 4 is 56.2 Å². The first-order valence-electron chi connectivity index (χ1n) is 18.2. The van der Waals surface area contributed by atoms with Gasteiger partial charge in [-0.2, -0.15) is 0 Å². The Morgan fingerprint density at radius 3 is 2.53 bits per heavy atom. The van der Waals surface area contributed by atoms with Crippen molar-refractivity contribution < 1.29 is 37.1 Å². The number of para-hydroxylation sites is 2. The van der Waals surface area contributed by atoms with Gasteiger partial charge >= 0.3 is 6.09 Å². The number of alkyl carbamates (subject to hydrolysis) is 1. The number of benzene rings is 1. The van der Waals surface area contributed by atoms with Crippen molar-refractivity contribution in [2.45, 2.75) is 107 Å². The van der Waals surface area contributed by atoms with E-state index in [0.29, 0.717) is 48.8 Å². The summed E-state index contributed by atoms with van der Waals surface area (Å²) >= 11 is 1.47. The van der Waals surface area contributed by atoms with Crippen LogP contribution in [-0.2, 0) is 29.1 Å². The van der Waals surface area contributed by atoms with Crippen LogP contribution in [0.3, 0.4) is 0 Å². The van der Waals surface area contributed by atoms with E-state index in [0.717, 1.165) is 17.7 Å². The molecule has 0 unspecified atom stereocenters. The molecule has 0 spiro atoms. The van der Waals surface area contributed by atoms with E-state index >= 15 is 0 Å². The van der Waals surface area contributed by atoms with Crippen LogP contribution in [0, 0.1) is 5.92 Å². The summed E-state index contributed by atoms with van der Waals surface area (Å²) < 4.78 is 39.7. The van der Waals surface area contributed by atoms with Gasteiger partial charge in [0.05, 0.1) is 33.8 Å². The lowest BCUT2D eigenvalue weighted by atomic mass is 10.0. The van der Waals surface area contributed by atoms with Gasteiger partial charge in [0.2, 0.25) is 27.7 Å². The highest BCUT2D eigenvalue weighted by Crippen LogP contribution is 2.46. The molecule has 0 bridgehead atoms. The van der Waals surface area contributed by atoms with E-state index in [-0.39, 0.29) is 25.3 Å². The number of rotatable bonds is 8. The topological polar surface area (TPSA) is 186 Å². The Kier molecular flexibility index (Phi) is 10.4. The van der Waals surface area contributed by atoms with E-state index in [2.05, 4.69) is 15.4 Å². The third kappa shape index (κ3) is 8.17. The highest BCUT2D eigenvalue weighted by Gasteiger charge is 2.62. The van der Waals surface area contributed by atoms with Gasteiger partial charge in [0.15, 0.2) is 0 Å². The standard InChI is InChI=1S/C37H44N6O8S2/c1-22(2)50-36(47)40-28-14-7-5-3-4-6-11-23-20-37(23,35(46)42-53(48,49)25-16-17-25)41-32(44)29-19-24(21-43(29)34(28)45)51-33-31(30-15-10-18-52-30)38-26-12-8-9-13-27(26)39-33/h6,8-13,15,18,22-25,28-29H,3-5,7,14,16-17,19-21H2,1-2H3,(H,40,47)(H,41,44)(H,42,46)/b11-6-/t23-,24-,28+,29+,37-/m1/s1. The molecule has 3 N–H and O–H groups in total. The van der Waals surface area contributed by atoms with Crippen molar-refractivity contribution in [1.29, 1.82) is 0 Å². The number of carbonyl (C=O) groups excluding carboxylic acids is 4. The molecule has 2 aliphatic carbocycles. The minimum absolute atomic E-state index is 0.0225. The molecule has 4 amide bonds. The van der Waals surface area contributed by atoms with Crippen molar-refractivity contribution in [3.05, 3.63) is 53.9 Å². The summed E-state index contributed by atoms with van der Waals surface area (Å²) in [6.07, 6.45) is 6.34. The predicted molar refractivity (Wildman–Crippen MR) is 197 cm³/mol. The zero-order valence-electron chi connectivity index (χ0n) is 29.7. The van der Waals surface area contributed by atoms with Crippen molar-refractivity contribution in [2.24, 2.45) is 5.92 Å². The van der Waals surface area contributed by atoms with Gasteiger partial charge in [0, 0.05) is 12.3 Å². The highest BCUT2D eigenvalue weighted by molar-refractivity contribution is 7.91. The number of carbonyl (C=O) groups is 4. The van der Waals surface area contributed by atoms with Crippen molar-refractivity contribution in [1.82, 2.24) is 30.2 Å². The molecule has 3 fully saturated rings. The SMILES string of the molecule is CC(C)OC(=O)N[C@H]1CCCCC/C=C\[C@@H]2C[C@@]2(C(=O)NS(=O)(=O)C2CC2)NC(=O)[C@@H]2C[C@@H](Oc3nc4ccccc4nc3-c3cccs3)CN2C1=O.